The molecule has 0 radical (unpaired) electrons. The normalized spacial score (nSPS) is 13.2. The highest BCUT2D eigenvalue weighted by molar-refractivity contribution is 8.00. The molecule has 33 heavy (non-hydrogen) atoms. The average Bonchev–Trinajstić information content (AvgIpc) is 2.68. The summed E-state index contributed by atoms with van der Waals surface area (Å²) in [6, 6.07) is 6.16. The van der Waals surface area contributed by atoms with Crippen LogP contribution in [0.2, 0.25) is 0 Å². The first-order valence-electron chi connectivity index (χ1n) is 10.7. The van der Waals surface area contributed by atoms with Gasteiger partial charge in [-0.15, -0.1) is 11.8 Å². The molecule has 2 aromatic rings. The molecule has 0 aliphatic heterocycles. The van der Waals surface area contributed by atoms with Crippen molar-refractivity contribution < 1.29 is 26.3 Å². The molecule has 8 heteroatoms. The first kappa shape index (κ1) is 27.8. The van der Waals surface area contributed by atoms with Crippen LogP contribution in [0.15, 0.2) is 35.2 Å². The fraction of sp³-hybridized carbons (Fsp3) is 0.480. The lowest BCUT2D eigenvalue weighted by molar-refractivity contribution is -0.142. The van der Waals surface area contributed by atoms with Crippen LogP contribution in [0.25, 0.3) is 0 Å². The van der Waals surface area contributed by atoms with Crippen molar-refractivity contribution in [2.45, 2.75) is 76.5 Å². The first-order valence-corrected chi connectivity index (χ1v) is 12.7. The zero-order valence-corrected chi connectivity index (χ0v) is 21.2. The molecule has 0 heterocycles. The molecule has 0 fully saturated rings. The SMILES string of the molecule is CC(C)c1cc(C(C)C)c(SCC=Pc2cc(C(F)(F)F)cc(C(F)(F)F)c2)c(C(C)C)c1. The van der Waals surface area contributed by atoms with E-state index in [4.69, 9.17) is 0 Å². The van der Waals surface area contributed by atoms with Gasteiger partial charge >= 0.3 is 12.4 Å². The van der Waals surface area contributed by atoms with E-state index in [0.717, 1.165) is 17.0 Å². The van der Waals surface area contributed by atoms with Crippen LogP contribution in [0.4, 0.5) is 26.3 Å². The second-order valence-corrected chi connectivity index (χ2v) is 11.0. The maximum absolute atomic E-state index is 13.1. The van der Waals surface area contributed by atoms with Gasteiger partial charge in [-0.25, -0.2) is 0 Å². The third-order valence-corrected chi connectivity index (χ3v) is 7.46. The molecule has 0 N–H and O–H groups in total. The molecule has 0 unspecified atom stereocenters. The fourth-order valence-corrected chi connectivity index (χ4v) is 5.66. The van der Waals surface area contributed by atoms with Gasteiger partial charge < -0.3 is 0 Å². The summed E-state index contributed by atoms with van der Waals surface area (Å²) < 4.78 is 78.5. The molecule has 0 saturated heterocycles. The van der Waals surface area contributed by atoms with E-state index in [1.165, 1.54) is 16.7 Å². The van der Waals surface area contributed by atoms with E-state index in [0.29, 0.717) is 31.7 Å². The van der Waals surface area contributed by atoms with Crippen molar-refractivity contribution in [3.8, 4) is 0 Å². The third-order valence-electron chi connectivity index (χ3n) is 5.19. The summed E-state index contributed by atoms with van der Waals surface area (Å²) in [7, 11) is 0.314. The van der Waals surface area contributed by atoms with Crippen molar-refractivity contribution in [3.05, 3.63) is 58.1 Å². The Morgan fingerprint density at radius 2 is 1.18 bits per heavy atom. The van der Waals surface area contributed by atoms with Crippen LogP contribution in [0.1, 0.15) is 87.1 Å². The number of hydrogen-bond donors (Lipinski definition) is 0. The second kappa shape index (κ2) is 10.9. The van der Waals surface area contributed by atoms with E-state index in [1.807, 2.05) is 0 Å². The molecular weight excluding hydrogens is 477 g/mol. The highest BCUT2D eigenvalue weighted by Gasteiger charge is 2.36. The predicted molar refractivity (Wildman–Crippen MR) is 128 cm³/mol. The Morgan fingerprint density at radius 3 is 1.55 bits per heavy atom. The molecule has 0 aliphatic rings. The zero-order valence-electron chi connectivity index (χ0n) is 19.5. The molecule has 182 valence electrons. The Bertz CT molecular complexity index is 926. The van der Waals surface area contributed by atoms with E-state index in [1.54, 1.807) is 17.6 Å². The number of benzene rings is 2. The van der Waals surface area contributed by atoms with Gasteiger partial charge in [0, 0.05) is 16.0 Å². The van der Waals surface area contributed by atoms with Gasteiger partial charge in [-0.1, -0.05) is 61.9 Å². The summed E-state index contributed by atoms with van der Waals surface area (Å²) in [6.07, 6.45) is -9.67. The van der Waals surface area contributed by atoms with Crippen LogP contribution in [0, 0.1) is 0 Å². The van der Waals surface area contributed by atoms with Crippen molar-refractivity contribution in [1.29, 1.82) is 0 Å². The van der Waals surface area contributed by atoms with Crippen molar-refractivity contribution in [1.82, 2.24) is 0 Å². The summed E-state index contributed by atoms with van der Waals surface area (Å²) >= 11 is 1.58. The summed E-state index contributed by atoms with van der Waals surface area (Å²) in [5.74, 6) is 3.15. The van der Waals surface area contributed by atoms with Crippen molar-refractivity contribution in [3.63, 3.8) is 0 Å². The fourth-order valence-electron chi connectivity index (χ4n) is 3.33. The van der Waals surface area contributed by atoms with Crippen LogP contribution in [-0.2, 0) is 12.4 Å². The number of rotatable bonds is 7. The standard InChI is InChI=1S/C25H29F6PS/c1-14(2)17-9-21(15(3)4)23(22(10-17)16(5)6)33-8-7-32-20-12-18(24(26,27)28)11-19(13-20)25(29,30)31/h7,9-16H,8H2,1-6H3. The molecule has 0 nitrogen and oxygen atoms in total. The predicted octanol–water partition coefficient (Wildman–Crippen LogP) is 9.26. The van der Waals surface area contributed by atoms with E-state index >= 15 is 0 Å². The van der Waals surface area contributed by atoms with Gasteiger partial charge in [0.25, 0.3) is 0 Å². The van der Waals surface area contributed by atoms with Crippen LogP contribution in [0.3, 0.4) is 0 Å². The van der Waals surface area contributed by atoms with Crippen LogP contribution in [0.5, 0.6) is 0 Å². The lowest BCUT2D eigenvalue weighted by Gasteiger charge is -2.22. The second-order valence-electron chi connectivity index (χ2n) is 8.88. The van der Waals surface area contributed by atoms with Gasteiger partial charge in [0.2, 0.25) is 0 Å². The molecule has 2 rings (SSSR count). The Balaban J connectivity index is 2.36. The highest BCUT2D eigenvalue weighted by atomic mass is 32.2. The smallest absolute Gasteiger partial charge is 0.166 e. The molecule has 2 aromatic carbocycles. The monoisotopic (exact) mass is 506 g/mol. The van der Waals surface area contributed by atoms with Gasteiger partial charge in [0.05, 0.1) is 11.1 Å². The lowest BCUT2D eigenvalue weighted by Crippen LogP contribution is -2.14. The minimum atomic E-state index is -4.84. The summed E-state index contributed by atoms with van der Waals surface area (Å²) in [4.78, 5) is 1.15. The van der Waals surface area contributed by atoms with Gasteiger partial charge in [-0.05, 0) is 58.4 Å². The van der Waals surface area contributed by atoms with Gasteiger partial charge in [-0.3, -0.25) is 0 Å². The Kier molecular flexibility index (Phi) is 9.14. The number of halogens is 6. The van der Waals surface area contributed by atoms with Gasteiger partial charge in [0.1, 0.15) is 0 Å². The Morgan fingerprint density at radius 1 is 0.727 bits per heavy atom. The Labute approximate surface area is 198 Å². The van der Waals surface area contributed by atoms with Crippen LogP contribution in [-0.4, -0.2) is 11.5 Å². The molecule has 0 atom stereocenters. The topological polar surface area (TPSA) is 0 Å². The Hall–Kier alpha value is -1.46. The van der Waals surface area contributed by atoms with Crippen LogP contribution < -0.4 is 5.30 Å². The van der Waals surface area contributed by atoms with Crippen LogP contribution >= 0.6 is 20.0 Å². The van der Waals surface area contributed by atoms with Crippen molar-refractivity contribution >= 4 is 31.1 Å². The number of hydrogen-bond acceptors (Lipinski definition) is 1. The van der Waals surface area contributed by atoms with Crippen molar-refractivity contribution in [2.75, 3.05) is 5.75 Å². The van der Waals surface area contributed by atoms with E-state index in [9.17, 15) is 26.3 Å². The van der Waals surface area contributed by atoms with Crippen molar-refractivity contribution in [2.24, 2.45) is 0 Å². The molecule has 0 bridgehead atoms. The average molecular weight is 507 g/mol. The summed E-state index contributed by atoms with van der Waals surface area (Å²) in [5, 5.41) is -0.0268. The maximum Gasteiger partial charge on any atom is 0.416 e. The minimum absolute atomic E-state index is 0.0268. The quantitative estimate of drug-likeness (QED) is 0.205. The third kappa shape index (κ3) is 7.51. The summed E-state index contributed by atoms with van der Waals surface area (Å²) in [6.45, 7) is 12.8. The molecular formula is C25H29F6PS. The lowest BCUT2D eigenvalue weighted by atomic mass is 9.89. The van der Waals surface area contributed by atoms with E-state index in [2.05, 4.69) is 53.7 Å². The number of thioether (sulfide) groups is 1. The van der Waals surface area contributed by atoms with Gasteiger partial charge in [-0.2, -0.15) is 26.3 Å². The number of alkyl halides is 6. The maximum atomic E-state index is 13.1. The molecule has 0 saturated carbocycles. The minimum Gasteiger partial charge on any atom is -0.166 e. The molecule has 0 aliphatic carbocycles. The highest BCUT2D eigenvalue weighted by Crippen LogP contribution is 2.38. The largest absolute Gasteiger partial charge is 0.416 e. The van der Waals surface area contributed by atoms with E-state index < -0.39 is 23.5 Å². The molecule has 0 spiro atoms. The van der Waals surface area contributed by atoms with E-state index in [-0.39, 0.29) is 11.4 Å². The molecule has 0 aromatic heterocycles. The first-order chi connectivity index (χ1) is 15.1. The molecule has 0 amide bonds. The van der Waals surface area contributed by atoms with Gasteiger partial charge in [0.15, 0.2) is 0 Å². The summed E-state index contributed by atoms with van der Waals surface area (Å²) in [5.41, 5.74) is 1.14. The zero-order chi connectivity index (χ0) is 25.1.